The van der Waals surface area contributed by atoms with E-state index in [-0.39, 0.29) is 0 Å². The van der Waals surface area contributed by atoms with Gasteiger partial charge >= 0.3 is 0 Å². The van der Waals surface area contributed by atoms with Gasteiger partial charge in [-0.2, -0.15) is 0 Å². The fourth-order valence-corrected chi connectivity index (χ4v) is 3.09. The predicted molar refractivity (Wildman–Crippen MR) is 81.4 cm³/mol. The molecule has 4 heteroatoms. The summed E-state index contributed by atoms with van der Waals surface area (Å²) in [6, 6.07) is 14.4. The van der Waals surface area contributed by atoms with Gasteiger partial charge in [-0.05, 0) is 24.3 Å². The normalized spacial score (nSPS) is 14.6. The molecule has 0 saturated heterocycles. The Bertz CT molecular complexity index is 764. The van der Waals surface area contributed by atoms with Crippen molar-refractivity contribution in [3.63, 3.8) is 0 Å². The molecule has 100 valence electrons. The second kappa shape index (κ2) is 4.53. The van der Waals surface area contributed by atoms with Gasteiger partial charge in [0, 0.05) is 30.5 Å². The first-order valence-electron chi connectivity index (χ1n) is 6.77. The number of halogens is 1. The Hall–Kier alpha value is -2.00. The molecule has 3 aromatic rings. The topological polar surface area (TPSA) is 20.5 Å². The van der Waals surface area contributed by atoms with E-state index in [4.69, 9.17) is 16.6 Å². The van der Waals surface area contributed by atoms with Crippen LogP contribution < -0.4 is 4.90 Å². The Kier molecular flexibility index (Phi) is 2.67. The highest BCUT2D eigenvalue weighted by molar-refractivity contribution is 6.33. The van der Waals surface area contributed by atoms with E-state index in [9.17, 15) is 0 Å². The average Bonchev–Trinajstić information content (AvgIpc) is 2.87. The highest BCUT2D eigenvalue weighted by atomic mass is 35.5. The molecule has 1 aromatic carbocycles. The number of anilines is 1. The molecule has 0 radical (unpaired) electrons. The SMILES string of the molecule is Clc1cccn2c3c(nc12)CN(c1ccccc1)CC3. The molecule has 0 amide bonds. The van der Waals surface area contributed by atoms with Crippen molar-refractivity contribution >= 4 is 22.9 Å². The van der Waals surface area contributed by atoms with E-state index in [0.29, 0.717) is 5.02 Å². The van der Waals surface area contributed by atoms with Crippen LogP contribution in [-0.2, 0) is 13.0 Å². The number of aromatic nitrogens is 2. The van der Waals surface area contributed by atoms with Crippen LogP contribution >= 0.6 is 11.6 Å². The van der Waals surface area contributed by atoms with Crippen molar-refractivity contribution in [1.82, 2.24) is 9.38 Å². The predicted octanol–water partition coefficient (Wildman–Crippen LogP) is 3.55. The monoisotopic (exact) mass is 283 g/mol. The number of nitrogens with zero attached hydrogens (tertiary/aromatic N) is 3. The third kappa shape index (κ3) is 1.78. The van der Waals surface area contributed by atoms with Gasteiger partial charge in [0.1, 0.15) is 0 Å². The van der Waals surface area contributed by atoms with E-state index in [2.05, 4.69) is 33.6 Å². The first-order chi connectivity index (χ1) is 9.83. The lowest BCUT2D eigenvalue weighted by Crippen LogP contribution is -2.30. The second-order valence-electron chi connectivity index (χ2n) is 5.06. The standard InChI is InChI=1S/C16H14ClN3/c17-13-7-4-9-20-15-8-10-19(11-14(15)18-16(13)20)12-5-2-1-3-6-12/h1-7,9H,8,10-11H2. The summed E-state index contributed by atoms with van der Waals surface area (Å²) < 4.78 is 2.12. The van der Waals surface area contributed by atoms with E-state index in [1.54, 1.807) is 0 Å². The molecular formula is C16H14ClN3. The molecule has 2 aromatic heterocycles. The van der Waals surface area contributed by atoms with Crippen molar-refractivity contribution in [2.45, 2.75) is 13.0 Å². The van der Waals surface area contributed by atoms with Gasteiger partial charge in [0.05, 0.1) is 17.3 Å². The molecule has 0 fully saturated rings. The summed E-state index contributed by atoms with van der Waals surface area (Å²) in [5.74, 6) is 0. The van der Waals surface area contributed by atoms with Gasteiger partial charge in [-0.15, -0.1) is 0 Å². The smallest absolute Gasteiger partial charge is 0.156 e. The van der Waals surface area contributed by atoms with Crippen molar-refractivity contribution in [1.29, 1.82) is 0 Å². The van der Waals surface area contributed by atoms with Gasteiger partial charge in [-0.3, -0.25) is 0 Å². The molecule has 0 saturated carbocycles. The number of hydrogen-bond acceptors (Lipinski definition) is 2. The minimum Gasteiger partial charge on any atom is -0.365 e. The van der Waals surface area contributed by atoms with E-state index in [1.165, 1.54) is 11.4 Å². The quantitative estimate of drug-likeness (QED) is 0.681. The molecule has 0 N–H and O–H groups in total. The number of rotatable bonds is 1. The maximum absolute atomic E-state index is 6.23. The van der Waals surface area contributed by atoms with Gasteiger partial charge in [0.2, 0.25) is 0 Å². The highest BCUT2D eigenvalue weighted by Crippen LogP contribution is 2.27. The molecule has 1 aliphatic rings. The van der Waals surface area contributed by atoms with E-state index in [1.807, 2.05) is 24.4 Å². The zero-order valence-electron chi connectivity index (χ0n) is 11.0. The van der Waals surface area contributed by atoms with Crippen molar-refractivity contribution in [3.05, 3.63) is 65.1 Å². The molecule has 1 aliphatic heterocycles. The molecule has 0 spiro atoms. The number of pyridine rings is 1. The van der Waals surface area contributed by atoms with Crippen LogP contribution in [0.1, 0.15) is 11.4 Å². The minimum atomic E-state index is 0.716. The van der Waals surface area contributed by atoms with Gasteiger partial charge in [-0.25, -0.2) is 4.98 Å². The molecule has 0 atom stereocenters. The van der Waals surface area contributed by atoms with Crippen LogP contribution in [0.5, 0.6) is 0 Å². The summed E-state index contributed by atoms with van der Waals surface area (Å²) >= 11 is 6.23. The zero-order chi connectivity index (χ0) is 13.5. The molecule has 20 heavy (non-hydrogen) atoms. The zero-order valence-corrected chi connectivity index (χ0v) is 11.7. The fraction of sp³-hybridized carbons (Fsp3) is 0.188. The molecule has 0 bridgehead atoms. The highest BCUT2D eigenvalue weighted by Gasteiger charge is 2.22. The Balaban J connectivity index is 1.77. The van der Waals surface area contributed by atoms with Crippen LogP contribution in [0.2, 0.25) is 5.02 Å². The largest absolute Gasteiger partial charge is 0.365 e. The van der Waals surface area contributed by atoms with Gasteiger partial charge in [0.15, 0.2) is 5.65 Å². The maximum atomic E-state index is 6.23. The van der Waals surface area contributed by atoms with Gasteiger partial charge < -0.3 is 9.30 Å². The number of imidazole rings is 1. The summed E-state index contributed by atoms with van der Waals surface area (Å²) in [7, 11) is 0. The maximum Gasteiger partial charge on any atom is 0.156 e. The van der Waals surface area contributed by atoms with Crippen LogP contribution in [0.3, 0.4) is 0 Å². The van der Waals surface area contributed by atoms with Gasteiger partial charge in [0.25, 0.3) is 0 Å². The Morgan fingerprint density at radius 3 is 2.75 bits per heavy atom. The lowest BCUT2D eigenvalue weighted by atomic mass is 10.1. The van der Waals surface area contributed by atoms with Crippen molar-refractivity contribution < 1.29 is 0 Å². The van der Waals surface area contributed by atoms with E-state index in [0.717, 1.165) is 30.9 Å². The lowest BCUT2D eigenvalue weighted by Gasteiger charge is -2.28. The van der Waals surface area contributed by atoms with E-state index >= 15 is 0 Å². The number of fused-ring (bicyclic) bond motifs is 3. The number of benzene rings is 1. The third-order valence-electron chi connectivity index (χ3n) is 3.86. The Labute approximate surface area is 122 Å². The minimum absolute atomic E-state index is 0.716. The van der Waals surface area contributed by atoms with Crippen LogP contribution in [0.15, 0.2) is 48.7 Å². The Morgan fingerprint density at radius 2 is 1.90 bits per heavy atom. The first kappa shape index (κ1) is 11.8. The summed E-state index contributed by atoms with van der Waals surface area (Å²) in [5, 5.41) is 0.716. The molecule has 0 aliphatic carbocycles. The Morgan fingerprint density at radius 1 is 1.05 bits per heavy atom. The molecule has 3 heterocycles. The van der Waals surface area contributed by atoms with Crippen LogP contribution in [0.4, 0.5) is 5.69 Å². The molecular weight excluding hydrogens is 270 g/mol. The summed E-state index contributed by atoms with van der Waals surface area (Å²) in [6.45, 7) is 1.86. The van der Waals surface area contributed by atoms with Crippen LogP contribution in [0, 0.1) is 0 Å². The van der Waals surface area contributed by atoms with E-state index < -0.39 is 0 Å². The summed E-state index contributed by atoms with van der Waals surface area (Å²) in [6.07, 6.45) is 3.04. The second-order valence-corrected chi connectivity index (χ2v) is 5.47. The number of para-hydroxylation sites is 1. The molecule has 4 rings (SSSR count). The third-order valence-corrected chi connectivity index (χ3v) is 4.16. The van der Waals surface area contributed by atoms with Gasteiger partial charge in [-0.1, -0.05) is 29.8 Å². The van der Waals surface area contributed by atoms with Crippen molar-refractivity contribution in [2.24, 2.45) is 0 Å². The summed E-state index contributed by atoms with van der Waals surface area (Å²) in [4.78, 5) is 7.08. The first-order valence-corrected chi connectivity index (χ1v) is 7.15. The van der Waals surface area contributed by atoms with Crippen LogP contribution in [0.25, 0.3) is 5.65 Å². The summed E-state index contributed by atoms with van der Waals surface area (Å²) in [5.41, 5.74) is 4.54. The fourth-order valence-electron chi connectivity index (χ4n) is 2.88. The molecule has 0 unspecified atom stereocenters. The molecule has 3 nitrogen and oxygen atoms in total. The number of hydrogen-bond donors (Lipinski definition) is 0. The van der Waals surface area contributed by atoms with Crippen LogP contribution in [-0.4, -0.2) is 15.9 Å². The van der Waals surface area contributed by atoms with Crippen molar-refractivity contribution in [3.8, 4) is 0 Å². The average molecular weight is 284 g/mol. The van der Waals surface area contributed by atoms with Crippen molar-refractivity contribution in [2.75, 3.05) is 11.4 Å². The lowest BCUT2D eigenvalue weighted by molar-refractivity contribution is 0.703.